The molecule has 0 amide bonds. The van der Waals surface area contributed by atoms with Gasteiger partial charge in [0.05, 0.1) is 19.3 Å². The van der Waals surface area contributed by atoms with Gasteiger partial charge in [-0.2, -0.15) is 5.10 Å². The van der Waals surface area contributed by atoms with Crippen LogP contribution in [0.25, 0.3) is 0 Å². The molecule has 0 bridgehead atoms. The van der Waals surface area contributed by atoms with Crippen LogP contribution in [0, 0.1) is 13.8 Å². The lowest BCUT2D eigenvalue weighted by Gasteiger charge is -2.26. The van der Waals surface area contributed by atoms with Gasteiger partial charge >= 0.3 is 5.97 Å². The molecule has 5 heteroatoms. The molecule has 0 aliphatic heterocycles. The van der Waals surface area contributed by atoms with E-state index in [0.29, 0.717) is 6.54 Å². The summed E-state index contributed by atoms with van der Waals surface area (Å²) in [7, 11) is 3.15. The number of likely N-dealkylation sites (N-methyl/N-ethyl adjacent to an activating group) is 1. The van der Waals surface area contributed by atoms with Crippen molar-refractivity contribution in [2.75, 3.05) is 14.2 Å². The molecule has 0 aromatic carbocycles. The van der Waals surface area contributed by atoms with Gasteiger partial charge in [0, 0.05) is 5.69 Å². The number of nitrogens with zero attached hydrogens (tertiary/aromatic N) is 2. The van der Waals surface area contributed by atoms with Gasteiger partial charge in [-0.1, -0.05) is 6.92 Å². The van der Waals surface area contributed by atoms with Crippen LogP contribution in [0.4, 0.5) is 0 Å². The first-order chi connectivity index (χ1) is 8.39. The summed E-state index contributed by atoms with van der Waals surface area (Å²) < 4.78 is 6.72. The second kappa shape index (κ2) is 5.52. The summed E-state index contributed by atoms with van der Waals surface area (Å²) >= 11 is 0. The Morgan fingerprint density at radius 3 is 2.50 bits per heavy atom. The number of methoxy groups -OCH3 is 1. The number of carbonyl (C=O) groups excluding carboxylic acids is 1. The first-order valence-corrected chi connectivity index (χ1v) is 6.19. The van der Waals surface area contributed by atoms with E-state index in [9.17, 15) is 4.79 Å². The third-order valence-corrected chi connectivity index (χ3v) is 3.54. The van der Waals surface area contributed by atoms with Crippen LogP contribution in [-0.4, -0.2) is 35.4 Å². The highest BCUT2D eigenvalue weighted by Crippen LogP contribution is 2.17. The van der Waals surface area contributed by atoms with Gasteiger partial charge in [0.15, 0.2) is 0 Å². The molecule has 18 heavy (non-hydrogen) atoms. The predicted molar refractivity (Wildman–Crippen MR) is 70.6 cm³/mol. The summed E-state index contributed by atoms with van der Waals surface area (Å²) in [6.07, 6.45) is 0.951. The molecule has 1 aromatic rings. The zero-order valence-electron chi connectivity index (χ0n) is 12.1. The summed E-state index contributed by atoms with van der Waals surface area (Å²) in [4.78, 5) is 11.8. The van der Waals surface area contributed by atoms with Crippen LogP contribution in [0.2, 0.25) is 0 Å². The summed E-state index contributed by atoms with van der Waals surface area (Å²) in [5, 5.41) is 7.52. The third-order valence-electron chi connectivity index (χ3n) is 3.54. The fourth-order valence-corrected chi connectivity index (χ4v) is 2.17. The molecule has 0 aliphatic carbocycles. The molecule has 1 N–H and O–H groups in total. The number of hydrogen-bond donors (Lipinski definition) is 1. The molecule has 1 unspecified atom stereocenters. The van der Waals surface area contributed by atoms with Crippen molar-refractivity contribution in [1.29, 1.82) is 0 Å². The molecule has 102 valence electrons. The second-order valence-electron chi connectivity index (χ2n) is 4.73. The van der Waals surface area contributed by atoms with Gasteiger partial charge in [-0.3, -0.25) is 4.68 Å². The van der Waals surface area contributed by atoms with E-state index >= 15 is 0 Å². The van der Waals surface area contributed by atoms with Gasteiger partial charge in [0.2, 0.25) is 0 Å². The normalized spacial score (nSPS) is 14.3. The van der Waals surface area contributed by atoms with E-state index in [1.54, 1.807) is 7.05 Å². The van der Waals surface area contributed by atoms with Crippen LogP contribution in [0.1, 0.15) is 30.8 Å². The maximum Gasteiger partial charge on any atom is 0.327 e. The summed E-state index contributed by atoms with van der Waals surface area (Å²) in [5.41, 5.74) is 2.63. The number of hydrogen-bond acceptors (Lipinski definition) is 4. The molecular weight excluding hydrogens is 230 g/mol. The topological polar surface area (TPSA) is 56.2 Å². The van der Waals surface area contributed by atoms with Crippen molar-refractivity contribution in [2.45, 2.75) is 46.2 Å². The van der Waals surface area contributed by atoms with E-state index < -0.39 is 5.54 Å². The number of rotatable bonds is 5. The van der Waals surface area contributed by atoms with Gasteiger partial charge in [0.1, 0.15) is 5.54 Å². The molecular formula is C13H23N3O2. The highest BCUT2D eigenvalue weighted by molar-refractivity contribution is 5.80. The highest BCUT2D eigenvalue weighted by Gasteiger charge is 2.34. The van der Waals surface area contributed by atoms with Gasteiger partial charge in [0.25, 0.3) is 0 Å². The summed E-state index contributed by atoms with van der Waals surface area (Å²) in [6.45, 7) is 8.42. The quantitative estimate of drug-likeness (QED) is 0.801. The number of aryl methyl sites for hydroxylation is 1. The zero-order valence-corrected chi connectivity index (χ0v) is 12.1. The van der Waals surface area contributed by atoms with E-state index in [1.165, 1.54) is 12.7 Å². The van der Waals surface area contributed by atoms with E-state index in [4.69, 9.17) is 4.74 Å². The maximum absolute atomic E-state index is 11.8. The monoisotopic (exact) mass is 253 g/mol. The lowest BCUT2D eigenvalue weighted by molar-refractivity contribution is -0.148. The molecule has 0 spiro atoms. The van der Waals surface area contributed by atoms with Crippen LogP contribution in [-0.2, 0) is 22.5 Å². The number of nitrogens with one attached hydrogen (secondary N) is 1. The van der Waals surface area contributed by atoms with Gasteiger partial charge < -0.3 is 10.1 Å². The lowest BCUT2D eigenvalue weighted by atomic mass is 10.0. The first-order valence-electron chi connectivity index (χ1n) is 6.19. The number of carbonyl (C=O) groups is 1. The summed E-state index contributed by atoms with van der Waals surface area (Å²) in [5.74, 6) is -0.282. The average Bonchev–Trinajstić information content (AvgIpc) is 2.62. The minimum absolute atomic E-state index is 0.282. The Hall–Kier alpha value is -1.36. The van der Waals surface area contributed by atoms with Gasteiger partial charge in [-0.05, 0) is 39.8 Å². The Labute approximate surface area is 109 Å². The molecule has 0 aliphatic rings. The minimum Gasteiger partial charge on any atom is -0.468 e. The number of aromatic nitrogens is 2. The van der Waals surface area contributed by atoms with Crippen LogP contribution in [0.15, 0.2) is 0 Å². The average molecular weight is 253 g/mol. The molecule has 5 nitrogen and oxygen atoms in total. The smallest absolute Gasteiger partial charge is 0.327 e. The second-order valence-corrected chi connectivity index (χ2v) is 4.73. The molecule has 0 saturated heterocycles. The zero-order chi connectivity index (χ0) is 13.9. The van der Waals surface area contributed by atoms with Crippen molar-refractivity contribution in [3.8, 4) is 0 Å². The van der Waals surface area contributed by atoms with Crippen LogP contribution < -0.4 is 5.32 Å². The van der Waals surface area contributed by atoms with Crippen molar-refractivity contribution >= 4 is 5.97 Å². The fourth-order valence-electron chi connectivity index (χ4n) is 2.17. The Balaban J connectivity index is 3.06. The molecule has 0 radical (unpaired) electrons. The van der Waals surface area contributed by atoms with Crippen molar-refractivity contribution < 1.29 is 9.53 Å². The van der Waals surface area contributed by atoms with Crippen LogP contribution >= 0.6 is 0 Å². The maximum atomic E-state index is 11.8. The van der Waals surface area contributed by atoms with Crippen molar-refractivity contribution in [1.82, 2.24) is 15.1 Å². The van der Waals surface area contributed by atoms with Crippen molar-refractivity contribution in [3.05, 3.63) is 17.0 Å². The Morgan fingerprint density at radius 1 is 1.50 bits per heavy atom. The van der Waals surface area contributed by atoms with Crippen LogP contribution in [0.5, 0.6) is 0 Å². The van der Waals surface area contributed by atoms with E-state index in [1.807, 2.05) is 25.5 Å². The van der Waals surface area contributed by atoms with Gasteiger partial charge in [-0.25, -0.2) is 4.79 Å². The SMILES string of the molecule is CCc1c(C)nn(CC(C)(NC)C(=O)OC)c1C. The third kappa shape index (κ3) is 2.56. The molecule has 0 saturated carbocycles. The molecule has 1 atom stereocenters. The predicted octanol–water partition coefficient (Wildman–Crippen LogP) is 1.21. The van der Waals surface area contributed by atoms with Crippen LogP contribution in [0.3, 0.4) is 0 Å². The number of esters is 1. The summed E-state index contributed by atoms with van der Waals surface area (Å²) in [6, 6.07) is 0. The van der Waals surface area contributed by atoms with E-state index in [-0.39, 0.29) is 5.97 Å². The Morgan fingerprint density at radius 2 is 2.11 bits per heavy atom. The Kier molecular flexibility index (Phi) is 4.51. The van der Waals surface area contributed by atoms with E-state index in [0.717, 1.165) is 17.8 Å². The number of ether oxygens (including phenoxy) is 1. The van der Waals surface area contributed by atoms with Crippen molar-refractivity contribution in [3.63, 3.8) is 0 Å². The lowest BCUT2D eigenvalue weighted by Crippen LogP contribution is -2.51. The van der Waals surface area contributed by atoms with Crippen molar-refractivity contribution in [2.24, 2.45) is 0 Å². The van der Waals surface area contributed by atoms with Gasteiger partial charge in [-0.15, -0.1) is 0 Å². The molecule has 1 aromatic heterocycles. The largest absolute Gasteiger partial charge is 0.468 e. The molecule has 0 fully saturated rings. The minimum atomic E-state index is -0.761. The highest BCUT2D eigenvalue weighted by atomic mass is 16.5. The Bertz CT molecular complexity index is 440. The fraction of sp³-hybridized carbons (Fsp3) is 0.692. The molecule has 1 rings (SSSR count). The molecule has 1 heterocycles. The standard InChI is InChI=1S/C13H23N3O2/c1-7-11-9(2)15-16(10(11)3)8-13(4,14-5)12(17)18-6/h14H,7-8H2,1-6H3. The van der Waals surface area contributed by atoms with E-state index in [2.05, 4.69) is 17.3 Å². The first kappa shape index (κ1) is 14.7.